The predicted molar refractivity (Wildman–Crippen MR) is 87.6 cm³/mol. The number of hydrogen-bond donors (Lipinski definition) is 1. The SMILES string of the molecule is CCCN(CCC)C(=O)c1ccc2c(N=O)c(O)ccc2c1. The van der Waals surface area contributed by atoms with Gasteiger partial charge in [-0.2, -0.15) is 0 Å². The summed E-state index contributed by atoms with van der Waals surface area (Å²) >= 11 is 0. The van der Waals surface area contributed by atoms with Crippen molar-refractivity contribution in [2.45, 2.75) is 26.7 Å². The van der Waals surface area contributed by atoms with Crippen LogP contribution in [0.15, 0.2) is 35.5 Å². The number of rotatable bonds is 6. The lowest BCUT2D eigenvalue weighted by Crippen LogP contribution is -2.32. The smallest absolute Gasteiger partial charge is 0.253 e. The van der Waals surface area contributed by atoms with Crippen molar-refractivity contribution in [1.29, 1.82) is 0 Å². The fourth-order valence-corrected chi connectivity index (χ4v) is 2.57. The van der Waals surface area contributed by atoms with Crippen LogP contribution in [-0.2, 0) is 0 Å². The Balaban J connectivity index is 2.42. The van der Waals surface area contributed by atoms with Crippen LogP contribution >= 0.6 is 0 Å². The van der Waals surface area contributed by atoms with Gasteiger partial charge in [0.1, 0.15) is 5.75 Å². The number of nitroso groups, excluding NO2 is 1. The van der Waals surface area contributed by atoms with Gasteiger partial charge in [0, 0.05) is 24.0 Å². The molecule has 0 aromatic heterocycles. The van der Waals surface area contributed by atoms with Crippen LogP contribution in [0.1, 0.15) is 37.0 Å². The average molecular weight is 300 g/mol. The van der Waals surface area contributed by atoms with Crippen LogP contribution in [-0.4, -0.2) is 29.0 Å². The Kier molecular flexibility index (Phi) is 5.09. The molecule has 0 saturated heterocycles. The van der Waals surface area contributed by atoms with Gasteiger partial charge in [0.05, 0.1) is 0 Å². The normalized spacial score (nSPS) is 10.6. The Morgan fingerprint density at radius 3 is 2.41 bits per heavy atom. The summed E-state index contributed by atoms with van der Waals surface area (Å²) in [5.41, 5.74) is 0.590. The Morgan fingerprint density at radius 2 is 1.82 bits per heavy atom. The predicted octanol–water partition coefficient (Wildman–Crippen LogP) is 4.21. The summed E-state index contributed by atoms with van der Waals surface area (Å²) in [4.78, 5) is 25.3. The maximum Gasteiger partial charge on any atom is 0.253 e. The highest BCUT2D eigenvalue weighted by atomic mass is 16.3. The third-order valence-electron chi connectivity index (χ3n) is 3.58. The molecule has 5 heteroatoms. The van der Waals surface area contributed by atoms with E-state index in [9.17, 15) is 14.8 Å². The molecule has 0 aliphatic rings. The van der Waals surface area contributed by atoms with Gasteiger partial charge in [0.2, 0.25) is 0 Å². The Labute approximate surface area is 129 Å². The van der Waals surface area contributed by atoms with Crippen molar-refractivity contribution >= 4 is 22.4 Å². The van der Waals surface area contributed by atoms with Crippen LogP contribution < -0.4 is 0 Å². The van der Waals surface area contributed by atoms with E-state index in [4.69, 9.17) is 0 Å². The monoisotopic (exact) mass is 300 g/mol. The van der Waals surface area contributed by atoms with E-state index < -0.39 is 0 Å². The van der Waals surface area contributed by atoms with E-state index in [0.717, 1.165) is 25.9 Å². The van der Waals surface area contributed by atoms with Gasteiger partial charge in [0.25, 0.3) is 5.91 Å². The lowest BCUT2D eigenvalue weighted by Gasteiger charge is -2.21. The first-order chi connectivity index (χ1) is 10.6. The first-order valence-electron chi connectivity index (χ1n) is 7.50. The van der Waals surface area contributed by atoms with E-state index in [2.05, 4.69) is 5.18 Å². The van der Waals surface area contributed by atoms with Gasteiger partial charge in [-0.05, 0) is 41.6 Å². The van der Waals surface area contributed by atoms with Crippen molar-refractivity contribution in [1.82, 2.24) is 4.90 Å². The lowest BCUT2D eigenvalue weighted by molar-refractivity contribution is 0.0755. The molecule has 2 rings (SSSR count). The minimum Gasteiger partial charge on any atom is -0.506 e. The maximum atomic E-state index is 12.6. The van der Waals surface area contributed by atoms with Crippen LogP contribution in [0.3, 0.4) is 0 Å². The first-order valence-corrected chi connectivity index (χ1v) is 7.50. The van der Waals surface area contributed by atoms with Crippen molar-refractivity contribution in [2.24, 2.45) is 5.18 Å². The second kappa shape index (κ2) is 7.02. The fraction of sp³-hybridized carbons (Fsp3) is 0.353. The molecule has 0 atom stereocenters. The molecule has 5 nitrogen and oxygen atoms in total. The van der Waals surface area contributed by atoms with E-state index in [-0.39, 0.29) is 17.3 Å². The van der Waals surface area contributed by atoms with Crippen LogP contribution in [0.4, 0.5) is 5.69 Å². The summed E-state index contributed by atoms with van der Waals surface area (Å²) in [6.07, 6.45) is 1.82. The van der Waals surface area contributed by atoms with E-state index >= 15 is 0 Å². The summed E-state index contributed by atoms with van der Waals surface area (Å²) in [6, 6.07) is 8.18. The van der Waals surface area contributed by atoms with Crippen molar-refractivity contribution < 1.29 is 9.90 Å². The Morgan fingerprint density at radius 1 is 1.14 bits per heavy atom. The van der Waals surface area contributed by atoms with Crippen molar-refractivity contribution in [3.8, 4) is 5.75 Å². The number of hydrogen-bond acceptors (Lipinski definition) is 4. The highest BCUT2D eigenvalue weighted by Crippen LogP contribution is 2.35. The number of phenols is 1. The summed E-state index contributed by atoms with van der Waals surface area (Å²) in [7, 11) is 0. The molecule has 116 valence electrons. The largest absolute Gasteiger partial charge is 0.506 e. The minimum atomic E-state index is -0.153. The van der Waals surface area contributed by atoms with Crippen molar-refractivity contribution in [3.05, 3.63) is 40.8 Å². The van der Waals surface area contributed by atoms with Crippen LogP contribution in [0, 0.1) is 4.91 Å². The zero-order chi connectivity index (χ0) is 16.1. The van der Waals surface area contributed by atoms with E-state index in [1.54, 1.807) is 24.3 Å². The molecule has 22 heavy (non-hydrogen) atoms. The van der Waals surface area contributed by atoms with Gasteiger partial charge in [0.15, 0.2) is 5.69 Å². The molecule has 0 heterocycles. The first kappa shape index (κ1) is 15.9. The molecule has 0 bridgehead atoms. The summed E-state index contributed by atoms with van der Waals surface area (Å²) in [5, 5.41) is 13.8. The number of benzene rings is 2. The van der Waals surface area contributed by atoms with Gasteiger partial charge in [-0.1, -0.05) is 26.0 Å². The van der Waals surface area contributed by atoms with Crippen molar-refractivity contribution in [3.63, 3.8) is 0 Å². The molecule has 0 spiro atoms. The summed E-state index contributed by atoms with van der Waals surface area (Å²) in [6.45, 7) is 5.53. The van der Waals surface area contributed by atoms with Gasteiger partial charge in [-0.3, -0.25) is 4.79 Å². The molecule has 1 N–H and O–H groups in total. The highest BCUT2D eigenvalue weighted by molar-refractivity contribution is 6.02. The molecule has 0 fully saturated rings. The summed E-state index contributed by atoms with van der Waals surface area (Å²) in [5.74, 6) is -0.167. The number of aromatic hydroxyl groups is 1. The molecule has 0 aliphatic carbocycles. The van der Waals surface area contributed by atoms with E-state index in [0.29, 0.717) is 16.3 Å². The lowest BCUT2D eigenvalue weighted by atomic mass is 10.0. The molecule has 0 unspecified atom stereocenters. The van der Waals surface area contributed by atoms with Gasteiger partial charge < -0.3 is 10.0 Å². The number of amides is 1. The quantitative estimate of drug-likeness (QED) is 0.812. The fourth-order valence-electron chi connectivity index (χ4n) is 2.57. The molecular weight excluding hydrogens is 280 g/mol. The second-order valence-corrected chi connectivity index (χ2v) is 5.25. The molecule has 0 aliphatic heterocycles. The topological polar surface area (TPSA) is 70.0 Å². The van der Waals surface area contributed by atoms with Gasteiger partial charge in [-0.25, -0.2) is 0 Å². The Bertz CT molecular complexity index is 692. The Hall–Kier alpha value is -2.43. The van der Waals surface area contributed by atoms with Gasteiger partial charge in [-0.15, -0.1) is 4.91 Å². The number of carbonyl (C=O) groups excluding carboxylic acids is 1. The minimum absolute atomic E-state index is 0.00970. The molecule has 2 aromatic rings. The highest BCUT2D eigenvalue weighted by Gasteiger charge is 2.16. The van der Waals surface area contributed by atoms with Crippen LogP contribution in [0.2, 0.25) is 0 Å². The average Bonchev–Trinajstić information content (AvgIpc) is 2.53. The molecule has 0 radical (unpaired) electrons. The zero-order valence-corrected chi connectivity index (χ0v) is 12.9. The van der Waals surface area contributed by atoms with Crippen LogP contribution in [0.5, 0.6) is 5.75 Å². The number of fused-ring (bicyclic) bond motifs is 1. The summed E-state index contributed by atoms with van der Waals surface area (Å²) < 4.78 is 0. The number of phenolic OH excluding ortho intramolecular Hbond substituents is 1. The number of nitrogens with zero attached hydrogens (tertiary/aromatic N) is 2. The maximum absolute atomic E-state index is 12.6. The molecule has 1 amide bonds. The third kappa shape index (κ3) is 3.08. The molecule has 2 aromatic carbocycles. The van der Waals surface area contributed by atoms with E-state index in [1.807, 2.05) is 18.7 Å². The zero-order valence-electron chi connectivity index (χ0n) is 12.9. The molecule has 0 saturated carbocycles. The number of carbonyl (C=O) groups is 1. The van der Waals surface area contributed by atoms with E-state index in [1.165, 1.54) is 6.07 Å². The van der Waals surface area contributed by atoms with Crippen LogP contribution in [0.25, 0.3) is 10.8 Å². The van der Waals surface area contributed by atoms with Crippen molar-refractivity contribution in [2.75, 3.05) is 13.1 Å². The van der Waals surface area contributed by atoms with Gasteiger partial charge >= 0.3 is 0 Å². The standard InChI is InChI=1S/C17H20N2O3/c1-3-9-19(10-4-2)17(21)13-5-7-14-12(11-13)6-8-15(20)16(14)18-22/h5-8,11,20H,3-4,9-10H2,1-2H3. The third-order valence-corrected chi connectivity index (χ3v) is 3.58. The second-order valence-electron chi connectivity index (χ2n) is 5.25. The molecular formula is C17H20N2O3.